The largest absolute Gasteiger partial charge is 0.299 e. The molecule has 0 spiro atoms. The van der Waals surface area contributed by atoms with Gasteiger partial charge < -0.3 is 0 Å². The first-order chi connectivity index (χ1) is 17.3. The predicted molar refractivity (Wildman–Crippen MR) is 162 cm³/mol. The van der Waals surface area contributed by atoms with E-state index in [2.05, 4.69) is 32.2 Å². The van der Waals surface area contributed by atoms with E-state index < -0.39 is 0 Å². The molecule has 0 amide bonds. The minimum atomic E-state index is 1.28. The summed E-state index contributed by atoms with van der Waals surface area (Å²) in [4.78, 5) is 2.58. The Morgan fingerprint density at radius 1 is 0.314 bits per heavy atom. The fourth-order valence-electron chi connectivity index (χ4n) is 5.39. The van der Waals surface area contributed by atoms with Crippen LogP contribution in [0.15, 0.2) is 0 Å². The fraction of sp³-hybridized carbons (Fsp3) is 0.971. The van der Waals surface area contributed by atoms with E-state index in [4.69, 9.17) is 0 Å². The summed E-state index contributed by atoms with van der Waals surface area (Å²) in [5.41, 5.74) is 0. The van der Waals surface area contributed by atoms with E-state index in [1.54, 1.807) is 0 Å². The van der Waals surface area contributed by atoms with E-state index in [1.165, 1.54) is 193 Å². The molecule has 0 aliphatic carbocycles. The molecule has 0 aliphatic rings. The molecule has 0 heterocycles. The first-order valence-corrected chi connectivity index (χ1v) is 16.9. The average molecular weight is 493 g/mol. The van der Waals surface area contributed by atoms with E-state index in [0.717, 1.165) is 0 Å². The summed E-state index contributed by atoms with van der Waals surface area (Å²) in [7, 11) is 0. The lowest BCUT2D eigenvalue weighted by atomic mass is 10.0. The Kier molecular flexibility index (Phi) is 32.0. The predicted octanol–water partition coefficient (Wildman–Crippen LogP) is 12.4. The third kappa shape index (κ3) is 30.1. The van der Waals surface area contributed by atoms with Gasteiger partial charge in [0.05, 0.1) is 0 Å². The van der Waals surface area contributed by atoms with Gasteiger partial charge in [-0.15, -0.1) is 0 Å². The molecule has 0 rings (SSSR count). The van der Waals surface area contributed by atoms with Crippen molar-refractivity contribution in [3.8, 4) is 0 Å². The maximum absolute atomic E-state index is 2.58. The second-order valence-corrected chi connectivity index (χ2v) is 11.5. The lowest BCUT2D eigenvalue weighted by molar-refractivity contribution is 0.316. The van der Waals surface area contributed by atoms with Crippen LogP contribution in [-0.4, -0.2) is 18.0 Å². The first kappa shape index (κ1) is 35.0. The first-order valence-electron chi connectivity index (χ1n) is 16.9. The van der Waals surface area contributed by atoms with Crippen LogP contribution in [0.4, 0.5) is 0 Å². The summed E-state index contributed by atoms with van der Waals surface area (Å²) in [5, 5.41) is 0. The van der Waals surface area contributed by atoms with Crippen molar-refractivity contribution in [1.29, 1.82) is 0 Å². The van der Waals surface area contributed by atoms with Crippen LogP contribution in [-0.2, 0) is 0 Å². The van der Waals surface area contributed by atoms with E-state index >= 15 is 0 Å². The van der Waals surface area contributed by atoms with Gasteiger partial charge >= 0.3 is 0 Å². The molecule has 0 saturated carbocycles. The Morgan fingerprint density at radius 2 is 0.514 bits per heavy atom. The molecule has 1 heteroatoms. The molecule has 1 radical (unpaired) electrons. The highest BCUT2D eigenvalue weighted by molar-refractivity contribution is 4.64. The lowest BCUT2D eigenvalue weighted by Crippen LogP contribution is -2.22. The molecular weight excluding hydrogens is 422 g/mol. The van der Waals surface area contributed by atoms with Crippen LogP contribution in [0, 0.1) is 6.54 Å². The Morgan fingerprint density at radius 3 is 0.714 bits per heavy atom. The van der Waals surface area contributed by atoms with Crippen molar-refractivity contribution >= 4 is 0 Å². The van der Waals surface area contributed by atoms with E-state index in [9.17, 15) is 0 Å². The molecule has 0 aliphatic heterocycles. The molecule has 0 aromatic carbocycles. The van der Waals surface area contributed by atoms with Gasteiger partial charge in [-0.25, -0.2) is 0 Å². The summed E-state index contributed by atoms with van der Waals surface area (Å²) < 4.78 is 0. The highest BCUT2D eigenvalue weighted by atomic mass is 15.1. The van der Waals surface area contributed by atoms with Crippen molar-refractivity contribution < 1.29 is 0 Å². The van der Waals surface area contributed by atoms with Crippen LogP contribution >= 0.6 is 0 Å². The molecular formula is C34H70N. The monoisotopic (exact) mass is 493 g/mol. The normalized spacial score (nSPS) is 11.7. The molecule has 211 valence electrons. The summed E-state index contributed by atoms with van der Waals surface area (Å²) in [6.07, 6.45) is 40.7. The van der Waals surface area contributed by atoms with Crippen molar-refractivity contribution in [2.45, 2.75) is 201 Å². The molecule has 0 aromatic rings. The summed E-state index contributed by atoms with van der Waals surface area (Å²) in [6, 6.07) is 0. The minimum Gasteiger partial charge on any atom is -0.299 e. The third-order valence-corrected chi connectivity index (χ3v) is 7.96. The van der Waals surface area contributed by atoms with Crippen molar-refractivity contribution in [3.05, 3.63) is 6.54 Å². The molecule has 0 atom stereocenters. The van der Waals surface area contributed by atoms with Crippen molar-refractivity contribution in [3.63, 3.8) is 0 Å². The number of nitrogens with zero attached hydrogens (tertiary/aromatic N) is 1. The number of hydrogen-bond acceptors (Lipinski definition) is 1. The zero-order valence-corrected chi connectivity index (χ0v) is 25.2. The summed E-state index contributed by atoms with van der Waals surface area (Å²) >= 11 is 0. The van der Waals surface area contributed by atoms with Gasteiger partial charge in [0.15, 0.2) is 0 Å². The molecule has 0 saturated heterocycles. The van der Waals surface area contributed by atoms with Gasteiger partial charge in [-0.05, 0) is 32.9 Å². The number of hydrogen-bond donors (Lipinski definition) is 0. The topological polar surface area (TPSA) is 3.24 Å². The maximum atomic E-state index is 2.58. The molecule has 0 fully saturated rings. The van der Waals surface area contributed by atoms with Crippen LogP contribution in [0.25, 0.3) is 0 Å². The Labute approximate surface area is 225 Å². The van der Waals surface area contributed by atoms with Crippen LogP contribution in [0.3, 0.4) is 0 Å². The molecule has 0 N–H and O–H groups in total. The van der Waals surface area contributed by atoms with E-state index in [0.29, 0.717) is 0 Å². The highest BCUT2D eigenvalue weighted by Gasteiger charge is 2.02. The van der Waals surface area contributed by atoms with Gasteiger partial charge in [-0.2, -0.15) is 0 Å². The van der Waals surface area contributed by atoms with Crippen molar-refractivity contribution in [2.24, 2.45) is 0 Å². The quantitative estimate of drug-likeness (QED) is 0.0869. The van der Waals surface area contributed by atoms with Gasteiger partial charge in [0.1, 0.15) is 0 Å². The Bertz CT molecular complexity index is 320. The number of rotatable bonds is 31. The van der Waals surface area contributed by atoms with Crippen molar-refractivity contribution in [2.75, 3.05) is 13.1 Å². The lowest BCUT2D eigenvalue weighted by Gasteiger charge is -2.19. The van der Waals surface area contributed by atoms with Gasteiger partial charge in [0, 0.05) is 6.54 Å². The second kappa shape index (κ2) is 32.0. The van der Waals surface area contributed by atoms with E-state index in [1.807, 2.05) is 0 Å². The molecule has 0 bridgehead atoms. The van der Waals surface area contributed by atoms with Gasteiger partial charge in [-0.3, -0.25) is 4.90 Å². The van der Waals surface area contributed by atoms with Crippen molar-refractivity contribution in [1.82, 2.24) is 4.90 Å². The third-order valence-electron chi connectivity index (χ3n) is 7.96. The smallest absolute Gasteiger partial charge is 0.0220 e. The van der Waals surface area contributed by atoms with Gasteiger partial charge in [0.25, 0.3) is 0 Å². The molecule has 0 unspecified atom stereocenters. The van der Waals surface area contributed by atoms with Crippen LogP contribution in [0.5, 0.6) is 0 Å². The van der Waals surface area contributed by atoms with Crippen LogP contribution in [0.1, 0.15) is 201 Å². The molecule has 0 aromatic heterocycles. The van der Waals surface area contributed by atoms with Gasteiger partial charge in [0.2, 0.25) is 0 Å². The fourth-order valence-corrected chi connectivity index (χ4v) is 5.39. The second-order valence-electron chi connectivity index (χ2n) is 11.5. The Balaban J connectivity index is 3.25. The van der Waals surface area contributed by atoms with E-state index in [-0.39, 0.29) is 0 Å². The summed E-state index contributed by atoms with van der Waals surface area (Å²) in [5.74, 6) is 0. The highest BCUT2D eigenvalue weighted by Crippen LogP contribution is 2.15. The summed E-state index contributed by atoms with van der Waals surface area (Å²) in [6.45, 7) is 11.7. The zero-order valence-electron chi connectivity index (χ0n) is 25.2. The maximum Gasteiger partial charge on any atom is 0.0220 e. The average Bonchev–Trinajstić information content (AvgIpc) is 2.87. The zero-order chi connectivity index (χ0) is 25.5. The molecule has 1 nitrogen and oxygen atoms in total. The molecule has 35 heavy (non-hydrogen) atoms. The van der Waals surface area contributed by atoms with Crippen LogP contribution < -0.4 is 0 Å². The Hall–Kier alpha value is -0.0400. The van der Waals surface area contributed by atoms with Crippen LogP contribution in [0.2, 0.25) is 0 Å². The van der Waals surface area contributed by atoms with Gasteiger partial charge in [-0.1, -0.05) is 181 Å². The SMILES string of the molecule is C[CH]N(CCCCCCCCCCCCCCCC)CCCCCCCCCCCCCCCC. The standard InChI is InChI=1S/C34H70N/c1-4-7-9-11-13-15-17-19-21-23-25-27-29-31-33-35(6-3)34-32-30-28-26-24-22-20-18-16-14-12-10-8-5-2/h6H,4-5,7-34H2,1-3H3. The number of unbranched alkanes of at least 4 members (excludes halogenated alkanes) is 26. The minimum absolute atomic E-state index is 1.28.